The molecule has 1 rings (SSSR count). The molecule has 0 aliphatic rings. The average molecular weight is 218 g/mol. The van der Waals surface area contributed by atoms with Gasteiger partial charge in [0.15, 0.2) is 0 Å². The van der Waals surface area contributed by atoms with Crippen LogP contribution in [-0.4, -0.2) is 19.5 Å². The highest BCUT2D eigenvalue weighted by Crippen LogP contribution is 2.15. The van der Waals surface area contributed by atoms with Crippen molar-refractivity contribution in [2.45, 2.75) is 6.54 Å². The second-order valence-corrected chi connectivity index (χ2v) is 3.20. The molecule has 0 aliphatic carbocycles. The van der Waals surface area contributed by atoms with E-state index in [2.05, 4.69) is 5.32 Å². The smallest absolute Gasteiger partial charge is 0.131 e. The van der Waals surface area contributed by atoms with E-state index in [4.69, 9.17) is 16.3 Å². The maximum absolute atomic E-state index is 13.3. The molecule has 14 heavy (non-hydrogen) atoms. The Morgan fingerprint density at radius 2 is 2.29 bits per heavy atom. The van der Waals surface area contributed by atoms with Crippen molar-refractivity contribution < 1.29 is 9.13 Å². The summed E-state index contributed by atoms with van der Waals surface area (Å²) in [6, 6.07) is 4.81. The SMILES string of the molecule is COc1ccc(CNCCCl)c(F)c1. The van der Waals surface area contributed by atoms with Crippen molar-refractivity contribution in [2.75, 3.05) is 19.5 Å². The monoisotopic (exact) mass is 217 g/mol. The van der Waals surface area contributed by atoms with Gasteiger partial charge in [-0.2, -0.15) is 0 Å². The molecule has 0 atom stereocenters. The summed E-state index contributed by atoms with van der Waals surface area (Å²) in [6.45, 7) is 1.16. The number of methoxy groups -OCH3 is 1. The van der Waals surface area contributed by atoms with Crippen molar-refractivity contribution in [3.63, 3.8) is 0 Å². The van der Waals surface area contributed by atoms with Gasteiger partial charge >= 0.3 is 0 Å². The molecule has 0 radical (unpaired) electrons. The number of benzene rings is 1. The highest BCUT2D eigenvalue weighted by atomic mass is 35.5. The lowest BCUT2D eigenvalue weighted by molar-refractivity contribution is 0.410. The molecule has 1 N–H and O–H groups in total. The van der Waals surface area contributed by atoms with Gasteiger partial charge in [0.25, 0.3) is 0 Å². The number of nitrogens with one attached hydrogen (secondary N) is 1. The minimum Gasteiger partial charge on any atom is -0.497 e. The van der Waals surface area contributed by atoms with Gasteiger partial charge in [-0.3, -0.25) is 0 Å². The zero-order chi connectivity index (χ0) is 10.4. The van der Waals surface area contributed by atoms with Crippen molar-refractivity contribution in [3.8, 4) is 5.75 Å². The molecule has 2 nitrogen and oxygen atoms in total. The van der Waals surface area contributed by atoms with Gasteiger partial charge in [0.2, 0.25) is 0 Å². The molecule has 0 amide bonds. The average Bonchev–Trinajstić information content (AvgIpc) is 2.20. The predicted molar refractivity (Wildman–Crippen MR) is 55.4 cm³/mol. The van der Waals surface area contributed by atoms with Crippen molar-refractivity contribution in [2.24, 2.45) is 0 Å². The molecule has 0 saturated heterocycles. The van der Waals surface area contributed by atoms with E-state index < -0.39 is 0 Å². The Balaban J connectivity index is 2.59. The van der Waals surface area contributed by atoms with Crippen LogP contribution in [0.1, 0.15) is 5.56 Å². The molecular formula is C10H13ClFNO. The fraction of sp³-hybridized carbons (Fsp3) is 0.400. The number of hydrogen-bond acceptors (Lipinski definition) is 2. The first-order valence-electron chi connectivity index (χ1n) is 4.37. The lowest BCUT2D eigenvalue weighted by Crippen LogP contribution is -2.16. The van der Waals surface area contributed by atoms with Crippen LogP contribution < -0.4 is 10.1 Å². The Kier molecular flexibility index (Phi) is 4.70. The molecule has 0 aromatic heterocycles. The first kappa shape index (κ1) is 11.3. The third-order valence-corrected chi connectivity index (χ3v) is 2.04. The number of ether oxygens (including phenoxy) is 1. The predicted octanol–water partition coefficient (Wildman–Crippen LogP) is 2.16. The van der Waals surface area contributed by atoms with Gasteiger partial charge in [-0.05, 0) is 6.07 Å². The van der Waals surface area contributed by atoms with Crippen molar-refractivity contribution in [1.29, 1.82) is 0 Å². The van der Waals surface area contributed by atoms with Gasteiger partial charge < -0.3 is 10.1 Å². The molecule has 0 bridgehead atoms. The van der Waals surface area contributed by atoms with E-state index >= 15 is 0 Å². The molecule has 78 valence electrons. The van der Waals surface area contributed by atoms with E-state index in [9.17, 15) is 4.39 Å². The molecule has 0 spiro atoms. The molecule has 0 saturated carbocycles. The van der Waals surface area contributed by atoms with Gasteiger partial charge in [0.05, 0.1) is 7.11 Å². The molecule has 4 heteroatoms. The Hall–Kier alpha value is -0.800. The van der Waals surface area contributed by atoms with Gasteiger partial charge in [-0.15, -0.1) is 11.6 Å². The van der Waals surface area contributed by atoms with Crippen LogP contribution >= 0.6 is 11.6 Å². The Morgan fingerprint density at radius 3 is 2.86 bits per heavy atom. The standard InChI is InChI=1S/C10H13ClFNO/c1-14-9-3-2-8(10(12)6-9)7-13-5-4-11/h2-3,6,13H,4-5,7H2,1H3. The van der Waals surface area contributed by atoms with Crippen LogP contribution in [0, 0.1) is 5.82 Å². The van der Waals surface area contributed by atoms with Gasteiger partial charge in [0.1, 0.15) is 11.6 Å². The highest BCUT2D eigenvalue weighted by molar-refractivity contribution is 6.18. The Labute approximate surface area is 88.0 Å². The number of halogens is 2. The molecule has 1 aromatic rings. The molecular weight excluding hydrogens is 205 g/mol. The third-order valence-electron chi connectivity index (χ3n) is 1.85. The topological polar surface area (TPSA) is 21.3 Å². The van der Waals surface area contributed by atoms with Crippen LogP contribution in [0.3, 0.4) is 0 Å². The first-order valence-corrected chi connectivity index (χ1v) is 4.90. The van der Waals surface area contributed by atoms with E-state index in [0.29, 0.717) is 30.3 Å². The third kappa shape index (κ3) is 3.16. The number of rotatable bonds is 5. The lowest BCUT2D eigenvalue weighted by Gasteiger charge is -2.06. The molecule has 0 aliphatic heterocycles. The van der Waals surface area contributed by atoms with E-state index in [1.807, 2.05) is 0 Å². The maximum atomic E-state index is 13.3. The fourth-order valence-electron chi connectivity index (χ4n) is 1.09. The largest absolute Gasteiger partial charge is 0.497 e. The van der Waals surface area contributed by atoms with Crippen molar-refractivity contribution in [1.82, 2.24) is 5.32 Å². The van der Waals surface area contributed by atoms with Crippen LogP contribution in [0.25, 0.3) is 0 Å². The van der Waals surface area contributed by atoms with E-state index in [1.54, 1.807) is 12.1 Å². The zero-order valence-corrected chi connectivity index (χ0v) is 8.77. The maximum Gasteiger partial charge on any atom is 0.131 e. The number of alkyl halides is 1. The quantitative estimate of drug-likeness (QED) is 0.603. The molecule has 0 heterocycles. The first-order chi connectivity index (χ1) is 6.77. The normalized spacial score (nSPS) is 10.2. The number of hydrogen-bond donors (Lipinski definition) is 1. The minimum absolute atomic E-state index is 0.258. The van der Waals surface area contributed by atoms with E-state index in [-0.39, 0.29) is 5.82 Å². The second-order valence-electron chi connectivity index (χ2n) is 2.82. The van der Waals surface area contributed by atoms with E-state index in [1.165, 1.54) is 13.2 Å². The molecule has 0 fully saturated rings. The Morgan fingerprint density at radius 1 is 1.50 bits per heavy atom. The van der Waals surface area contributed by atoms with Crippen molar-refractivity contribution >= 4 is 11.6 Å². The summed E-state index contributed by atoms with van der Waals surface area (Å²) in [5.74, 6) is 0.799. The molecule has 0 unspecified atom stereocenters. The summed E-state index contributed by atoms with van der Waals surface area (Å²) < 4.78 is 18.2. The van der Waals surface area contributed by atoms with Gasteiger partial charge in [0, 0.05) is 30.6 Å². The van der Waals surface area contributed by atoms with Crippen LogP contribution in [0.5, 0.6) is 5.75 Å². The van der Waals surface area contributed by atoms with Crippen LogP contribution in [-0.2, 0) is 6.54 Å². The van der Waals surface area contributed by atoms with Crippen LogP contribution in [0.2, 0.25) is 0 Å². The minimum atomic E-state index is -0.258. The van der Waals surface area contributed by atoms with Crippen LogP contribution in [0.15, 0.2) is 18.2 Å². The highest BCUT2D eigenvalue weighted by Gasteiger charge is 2.02. The fourth-order valence-corrected chi connectivity index (χ4v) is 1.22. The summed E-state index contributed by atoms with van der Waals surface area (Å²) in [7, 11) is 1.51. The summed E-state index contributed by atoms with van der Waals surface area (Å²) in [6.07, 6.45) is 0. The van der Waals surface area contributed by atoms with Gasteiger partial charge in [-0.25, -0.2) is 4.39 Å². The van der Waals surface area contributed by atoms with Crippen molar-refractivity contribution in [3.05, 3.63) is 29.6 Å². The van der Waals surface area contributed by atoms with Gasteiger partial charge in [-0.1, -0.05) is 6.07 Å². The Bertz CT molecular complexity index is 293. The molecule has 1 aromatic carbocycles. The summed E-state index contributed by atoms with van der Waals surface area (Å²) in [5.41, 5.74) is 0.621. The summed E-state index contributed by atoms with van der Waals surface area (Å²) >= 11 is 5.48. The zero-order valence-electron chi connectivity index (χ0n) is 8.02. The lowest BCUT2D eigenvalue weighted by atomic mass is 10.2. The van der Waals surface area contributed by atoms with Crippen LogP contribution in [0.4, 0.5) is 4.39 Å². The summed E-state index contributed by atoms with van der Waals surface area (Å²) in [4.78, 5) is 0. The summed E-state index contributed by atoms with van der Waals surface area (Å²) in [5, 5.41) is 3.02. The van der Waals surface area contributed by atoms with E-state index in [0.717, 1.165) is 0 Å². The second kappa shape index (κ2) is 5.83.